The molecule has 0 radical (unpaired) electrons. The van der Waals surface area contributed by atoms with Gasteiger partial charge in [-0.25, -0.2) is 12.8 Å². The zero-order valence-corrected chi connectivity index (χ0v) is 12.6. The molecule has 1 heterocycles. The highest BCUT2D eigenvalue weighted by Crippen LogP contribution is 2.28. The molecule has 114 valence electrons. The normalized spacial score (nSPS) is 20.1. The number of carbonyl (C=O) groups excluding carboxylic acids is 1. The third-order valence-electron chi connectivity index (χ3n) is 3.06. The van der Waals surface area contributed by atoms with Crippen molar-refractivity contribution in [3.63, 3.8) is 0 Å². The van der Waals surface area contributed by atoms with Crippen LogP contribution in [0.1, 0.15) is 11.6 Å². The second-order valence-corrected chi connectivity index (χ2v) is 7.06. The summed E-state index contributed by atoms with van der Waals surface area (Å²) in [5.74, 6) is -1.69. The molecule has 8 heteroatoms. The first-order valence-electron chi connectivity index (χ1n) is 6.18. The van der Waals surface area contributed by atoms with Gasteiger partial charge in [0.2, 0.25) is 15.9 Å². The molecule has 0 aliphatic carbocycles. The van der Waals surface area contributed by atoms with E-state index in [0.29, 0.717) is 0 Å². The van der Waals surface area contributed by atoms with Crippen molar-refractivity contribution in [2.75, 3.05) is 18.8 Å². The Kier molecular flexibility index (Phi) is 4.65. The molecule has 5 nitrogen and oxygen atoms in total. The number of benzene rings is 1. The number of rotatable bonds is 4. The predicted molar refractivity (Wildman–Crippen MR) is 77.6 cm³/mol. The van der Waals surface area contributed by atoms with E-state index in [-0.39, 0.29) is 23.7 Å². The number of hydrogen-bond acceptors (Lipinski definition) is 3. The van der Waals surface area contributed by atoms with E-state index in [1.54, 1.807) is 6.07 Å². The van der Waals surface area contributed by atoms with E-state index in [9.17, 15) is 17.6 Å². The summed E-state index contributed by atoms with van der Waals surface area (Å²) in [6.07, 6.45) is 0. The summed E-state index contributed by atoms with van der Waals surface area (Å²) in [6, 6.07) is 4.36. The molecule has 21 heavy (non-hydrogen) atoms. The molecule has 2 rings (SSSR count). The van der Waals surface area contributed by atoms with Crippen LogP contribution in [0.25, 0.3) is 0 Å². The summed E-state index contributed by atoms with van der Waals surface area (Å²) < 4.78 is 39.5. The zero-order valence-electron chi connectivity index (χ0n) is 11.1. The monoisotopic (exact) mass is 332 g/mol. The Labute approximate surface area is 127 Å². The highest BCUT2D eigenvalue weighted by Gasteiger charge is 2.39. The zero-order chi connectivity index (χ0) is 15.6. The molecule has 1 aromatic rings. The molecular weight excluding hydrogens is 319 g/mol. The molecule has 0 saturated carbocycles. The summed E-state index contributed by atoms with van der Waals surface area (Å²) in [5, 5.41) is 2.48. The molecule has 0 bridgehead atoms. The van der Waals surface area contributed by atoms with Crippen molar-refractivity contribution in [1.82, 2.24) is 9.62 Å². The van der Waals surface area contributed by atoms with Crippen LogP contribution in [0, 0.1) is 5.82 Å². The highest BCUT2D eigenvalue weighted by atomic mass is 35.5. The van der Waals surface area contributed by atoms with E-state index in [0.717, 1.165) is 4.31 Å². The topological polar surface area (TPSA) is 66.5 Å². The van der Waals surface area contributed by atoms with Gasteiger partial charge in [-0.2, -0.15) is 4.31 Å². The number of hydrogen-bond donors (Lipinski definition) is 1. The summed E-state index contributed by atoms with van der Waals surface area (Å²) in [7, 11) is -3.86. The molecule has 1 amide bonds. The van der Waals surface area contributed by atoms with Crippen molar-refractivity contribution in [1.29, 1.82) is 0 Å². The van der Waals surface area contributed by atoms with Crippen molar-refractivity contribution >= 4 is 27.5 Å². The van der Waals surface area contributed by atoms with Crippen molar-refractivity contribution < 1.29 is 17.6 Å². The van der Waals surface area contributed by atoms with Gasteiger partial charge >= 0.3 is 0 Å². The Bertz CT molecular complexity index is 678. The summed E-state index contributed by atoms with van der Waals surface area (Å²) in [6.45, 7) is 3.57. The van der Waals surface area contributed by atoms with Crippen molar-refractivity contribution in [3.8, 4) is 0 Å². The fraction of sp³-hybridized carbons (Fsp3) is 0.308. The van der Waals surface area contributed by atoms with Gasteiger partial charge in [0.25, 0.3) is 0 Å². The number of carbonyl (C=O) groups is 1. The van der Waals surface area contributed by atoms with Crippen molar-refractivity contribution in [2.24, 2.45) is 0 Å². The van der Waals surface area contributed by atoms with E-state index in [4.69, 9.17) is 11.6 Å². The fourth-order valence-electron chi connectivity index (χ4n) is 2.22. The fourth-order valence-corrected chi connectivity index (χ4v) is 4.09. The lowest BCUT2D eigenvalue weighted by Gasteiger charge is -2.34. The van der Waals surface area contributed by atoms with Gasteiger partial charge in [0.15, 0.2) is 0 Å². The highest BCUT2D eigenvalue weighted by molar-refractivity contribution is 7.89. The van der Waals surface area contributed by atoms with Crippen LogP contribution in [0.2, 0.25) is 0 Å². The van der Waals surface area contributed by atoms with Gasteiger partial charge in [-0.05, 0) is 6.07 Å². The van der Waals surface area contributed by atoms with Crippen LogP contribution in [0.4, 0.5) is 4.39 Å². The SMILES string of the molecule is C=C(Cl)CS(=O)(=O)N1CCNC(=O)C1c1ccccc1F. The molecule has 1 atom stereocenters. The van der Waals surface area contributed by atoms with Gasteiger partial charge in [-0.15, -0.1) is 0 Å². The van der Waals surface area contributed by atoms with Gasteiger partial charge in [0.1, 0.15) is 11.9 Å². The third-order valence-corrected chi connectivity index (χ3v) is 5.18. The van der Waals surface area contributed by atoms with Crippen molar-refractivity contribution in [3.05, 3.63) is 47.3 Å². The van der Waals surface area contributed by atoms with E-state index in [2.05, 4.69) is 11.9 Å². The van der Waals surface area contributed by atoms with E-state index in [1.165, 1.54) is 18.2 Å². The quantitative estimate of drug-likeness (QED) is 0.906. The molecule has 1 fully saturated rings. The number of amides is 1. The maximum atomic E-state index is 13.9. The molecule has 1 unspecified atom stereocenters. The van der Waals surface area contributed by atoms with Crippen LogP contribution in [0.15, 0.2) is 35.9 Å². The maximum Gasteiger partial charge on any atom is 0.243 e. The lowest BCUT2D eigenvalue weighted by atomic mass is 10.0. The average molecular weight is 333 g/mol. The van der Waals surface area contributed by atoms with Gasteiger partial charge < -0.3 is 5.32 Å². The van der Waals surface area contributed by atoms with Crippen molar-refractivity contribution in [2.45, 2.75) is 6.04 Å². The minimum Gasteiger partial charge on any atom is -0.353 e. The van der Waals surface area contributed by atoms with Crippen LogP contribution in [-0.2, 0) is 14.8 Å². The van der Waals surface area contributed by atoms with Gasteiger partial charge in [0, 0.05) is 23.7 Å². The first-order valence-corrected chi connectivity index (χ1v) is 8.16. The third kappa shape index (κ3) is 3.42. The Morgan fingerprint density at radius 2 is 2.14 bits per heavy atom. The smallest absolute Gasteiger partial charge is 0.243 e. The Morgan fingerprint density at radius 1 is 1.48 bits per heavy atom. The second-order valence-electron chi connectivity index (χ2n) is 4.60. The van der Waals surface area contributed by atoms with Gasteiger partial charge in [-0.1, -0.05) is 36.4 Å². The predicted octanol–water partition coefficient (Wildman–Crippen LogP) is 1.38. The van der Waals surface area contributed by atoms with Crippen LogP contribution >= 0.6 is 11.6 Å². The molecule has 1 saturated heterocycles. The molecule has 0 aromatic heterocycles. The minimum atomic E-state index is -3.86. The molecule has 1 aromatic carbocycles. The number of piperazine rings is 1. The standard InChI is InChI=1S/C13H14ClFN2O3S/c1-9(14)8-21(19,20)17-7-6-16-13(18)12(17)10-4-2-3-5-11(10)15/h2-5,12H,1,6-8H2,(H,16,18). The second kappa shape index (κ2) is 6.13. The number of halogens is 2. The van der Waals surface area contributed by atoms with Crippen LogP contribution in [-0.4, -0.2) is 37.5 Å². The summed E-state index contributed by atoms with van der Waals surface area (Å²) in [5.41, 5.74) is 0.0125. The molecule has 1 aliphatic rings. The first kappa shape index (κ1) is 15.9. The Balaban J connectivity index is 2.46. The Hall–Kier alpha value is -1.44. The van der Waals surface area contributed by atoms with E-state index in [1.807, 2.05) is 0 Å². The lowest BCUT2D eigenvalue weighted by molar-refractivity contribution is -0.127. The molecule has 1 aliphatic heterocycles. The van der Waals surface area contributed by atoms with E-state index < -0.39 is 33.5 Å². The molecular formula is C13H14ClFN2O3S. The van der Waals surface area contributed by atoms with Crippen LogP contribution in [0.5, 0.6) is 0 Å². The minimum absolute atomic E-state index is 0.0125. The number of sulfonamides is 1. The number of nitrogens with zero attached hydrogens (tertiary/aromatic N) is 1. The van der Waals surface area contributed by atoms with Gasteiger partial charge in [-0.3, -0.25) is 4.79 Å². The summed E-state index contributed by atoms with van der Waals surface area (Å²) >= 11 is 5.57. The van der Waals surface area contributed by atoms with E-state index >= 15 is 0 Å². The number of nitrogens with one attached hydrogen (secondary N) is 1. The largest absolute Gasteiger partial charge is 0.353 e. The van der Waals surface area contributed by atoms with Crippen LogP contribution < -0.4 is 5.32 Å². The Morgan fingerprint density at radius 3 is 2.76 bits per heavy atom. The summed E-state index contributed by atoms with van der Waals surface area (Å²) in [4.78, 5) is 12.1. The average Bonchev–Trinajstić information content (AvgIpc) is 2.38. The first-order chi connectivity index (χ1) is 9.83. The maximum absolute atomic E-state index is 13.9. The molecule has 0 spiro atoms. The van der Waals surface area contributed by atoms with Crippen LogP contribution in [0.3, 0.4) is 0 Å². The lowest BCUT2D eigenvalue weighted by Crippen LogP contribution is -2.52. The van der Waals surface area contributed by atoms with Gasteiger partial charge in [0.05, 0.1) is 5.75 Å². The molecule has 1 N–H and O–H groups in total.